The standard InChI is InChI=1S/C10H10BrFN2O4/c1-5(15)13(2)6-4-7(18-3)8(11)9(12)10(6)14(16)17/h4H,1-3H3. The molecule has 1 amide bonds. The zero-order valence-corrected chi connectivity index (χ0v) is 11.4. The van der Waals surface area contributed by atoms with Gasteiger partial charge in [0, 0.05) is 20.0 Å². The fourth-order valence-electron chi connectivity index (χ4n) is 1.33. The molecule has 0 aromatic heterocycles. The Balaban J connectivity index is 3.62. The predicted molar refractivity (Wildman–Crippen MR) is 66.4 cm³/mol. The number of carbonyl (C=O) groups excluding carboxylic acids is 1. The van der Waals surface area contributed by atoms with Crippen molar-refractivity contribution in [1.82, 2.24) is 0 Å². The predicted octanol–water partition coefficient (Wildman–Crippen LogP) is 2.49. The molecule has 0 aliphatic heterocycles. The highest BCUT2D eigenvalue weighted by molar-refractivity contribution is 9.10. The first-order chi connectivity index (χ1) is 8.31. The van der Waals surface area contributed by atoms with Crippen molar-refractivity contribution in [3.05, 3.63) is 26.5 Å². The van der Waals surface area contributed by atoms with Gasteiger partial charge in [-0.15, -0.1) is 0 Å². The number of nitro groups is 1. The second kappa shape index (κ2) is 5.30. The maximum absolute atomic E-state index is 13.9. The number of halogens is 2. The molecule has 1 aromatic rings. The monoisotopic (exact) mass is 320 g/mol. The highest BCUT2D eigenvalue weighted by Crippen LogP contribution is 2.40. The van der Waals surface area contributed by atoms with Crippen LogP contribution in [0.1, 0.15) is 6.92 Å². The van der Waals surface area contributed by atoms with Crippen LogP contribution in [0.5, 0.6) is 5.75 Å². The minimum Gasteiger partial charge on any atom is -0.495 e. The van der Waals surface area contributed by atoms with Crippen molar-refractivity contribution in [1.29, 1.82) is 0 Å². The van der Waals surface area contributed by atoms with Gasteiger partial charge in [-0.1, -0.05) is 0 Å². The Hall–Kier alpha value is -1.70. The molecular weight excluding hydrogens is 311 g/mol. The molecule has 0 spiro atoms. The van der Waals surface area contributed by atoms with Crippen LogP contribution in [0.4, 0.5) is 15.8 Å². The first-order valence-corrected chi connectivity index (χ1v) is 5.55. The first-order valence-electron chi connectivity index (χ1n) is 4.75. The SMILES string of the molecule is COc1cc(N(C)C(C)=O)c([N+](=O)[O-])c(F)c1Br. The number of amides is 1. The maximum atomic E-state index is 13.9. The molecule has 0 unspecified atom stereocenters. The van der Waals surface area contributed by atoms with Gasteiger partial charge < -0.3 is 9.64 Å². The molecular formula is C10H10BrFN2O4. The molecule has 1 rings (SSSR count). The zero-order valence-electron chi connectivity index (χ0n) is 9.86. The van der Waals surface area contributed by atoms with Gasteiger partial charge in [-0.3, -0.25) is 14.9 Å². The number of nitro benzene ring substituents is 1. The Kier molecular flexibility index (Phi) is 4.23. The third kappa shape index (κ3) is 2.42. The van der Waals surface area contributed by atoms with Gasteiger partial charge in [0.05, 0.1) is 12.0 Å². The molecule has 18 heavy (non-hydrogen) atoms. The Morgan fingerprint density at radius 3 is 2.56 bits per heavy atom. The molecule has 0 fully saturated rings. The number of carbonyl (C=O) groups is 1. The van der Waals surface area contributed by atoms with Crippen molar-refractivity contribution in [2.75, 3.05) is 19.1 Å². The summed E-state index contributed by atoms with van der Waals surface area (Å²) in [6, 6.07) is 1.23. The summed E-state index contributed by atoms with van der Waals surface area (Å²) in [6.07, 6.45) is 0. The molecule has 0 heterocycles. The number of nitrogens with zero attached hydrogens (tertiary/aromatic N) is 2. The van der Waals surface area contributed by atoms with Crippen LogP contribution in [0.2, 0.25) is 0 Å². The first kappa shape index (κ1) is 14.4. The van der Waals surface area contributed by atoms with Gasteiger partial charge in [-0.2, -0.15) is 4.39 Å². The van der Waals surface area contributed by atoms with Crippen molar-refractivity contribution in [3.8, 4) is 5.75 Å². The molecule has 0 N–H and O–H groups in total. The summed E-state index contributed by atoms with van der Waals surface area (Å²) in [4.78, 5) is 22.2. The Bertz CT molecular complexity index is 521. The highest BCUT2D eigenvalue weighted by atomic mass is 79.9. The number of benzene rings is 1. The Morgan fingerprint density at radius 1 is 1.61 bits per heavy atom. The van der Waals surface area contributed by atoms with E-state index < -0.39 is 22.3 Å². The molecule has 0 aliphatic carbocycles. The minimum atomic E-state index is -1.08. The fraction of sp³-hybridized carbons (Fsp3) is 0.300. The van der Waals surface area contributed by atoms with E-state index in [1.807, 2.05) is 0 Å². The van der Waals surface area contributed by atoms with Crippen LogP contribution >= 0.6 is 15.9 Å². The quantitative estimate of drug-likeness (QED) is 0.633. The Morgan fingerprint density at radius 2 is 2.17 bits per heavy atom. The normalized spacial score (nSPS) is 10.1. The lowest BCUT2D eigenvalue weighted by Crippen LogP contribution is -2.24. The summed E-state index contributed by atoms with van der Waals surface area (Å²) in [5.41, 5.74) is -0.939. The van der Waals surface area contributed by atoms with Gasteiger partial charge in [-0.05, 0) is 15.9 Å². The summed E-state index contributed by atoms with van der Waals surface area (Å²) >= 11 is 2.87. The topological polar surface area (TPSA) is 72.7 Å². The van der Waals surface area contributed by atoms with Crippen molar-refractivity contribution < 1.29 is 18.8 Å². The highest BCUT2D eigenvalue weighted by Gasteiger charge is 2.29. The van der Waals surface area contributed by atoms with Crippen LogP contribution in [0.15, 0.2) is 10.5 Å². The summed E-state index contributed by atoms with van der Waals surface area (Å²) in [7, 11) is 2.61. The maximum Gasteiger partial charge on any atom is 0.329 e. The second-order valence-electron chi connectivity index (χ2n) is 3.41. The number of ether oxygens (including phenoxy) is 1. The molecule has 0 aliphatic rings. The van der Waals surface area contributed by atoms with Gasteiger partial charge >= 0.3 is 5.69 Å². The van der Waals surface area contributed by atoms with Gasteiger partial charge in [0.2, 0.25) is 11.7 Å². The van der Waals surface area contributed by atoms with Crippen molar-refractivity contribution in [2.24, 2.45) is 0 Å². The average Bonchev–Trinajstić information content (AvgIpc) is 2.30. The summed E-state index contributed by atoms with van der Waals surface area (Å²) in [5, 5.41) is 10.9. The van der Waals surface area contributed by atoms with Crippen LogP contribution in [0.3, 0.4) is 0 Å². The van der Waals surface area contributed by atoms with Gasteiger partial charge in [0.15, 0.2) is 0 Å². The second-order valence-corrected chi connectivity index (χ2v) is 4.20. The lowest BCUT2D eigenvalue weighted by Gasteiger charge is -2.17. The third-order valence-electron chi connectivity index (χ3n) is 2.36. The summed E-state index contributed by atoms with van der Waals surface area (Å²) < 4.78 is 18.6. The van der Waals surface area contributed by atoms with E-state index >= 15 is 0 Å². The molecule has 0 saturated heterocycles. The lowest BCUT2D eigenvalue weighted by molar-refractivity contribution is -0.386. The van der Waals surface area contributed by atoms with Crippen LogP contribution in [-0.2, 0) is 4.79 Å². The molecule has 1 aromatic carbocycles. The van der Waals surface area contributed by atoms with Gasteiger partial charge in [-0.25, -0.2) is 0 Å². The van der Waals surface area contributed by atoms with Gasteiger partial charge in [0.25, 0.3) is 0 Å². The van der Waals surface area contributed by atoms with Gasteiger partial charge in [0.1, 0.15) is 15.9 Å². The minimum absolute atomic E-state index is 0.0706. The lowest BCUT2D eigenvalue weighted by atomic mass is 10.2. The molecule has 0 atom stereocenters. The molecule has 0 saturated carbocycles. The van der Waals surface area contributed by atoms with Crippen molar-refractivity contribution >= 4 is 33.2 Å². The average molecular weight is 321 g/mol. The molecule has 98 valence electrons. The third-order valence-corrected chi connectivity index (χ3v) is 3.10. The number of rotatable bonds is 3. The largest absolute Gasteiger partial charge is 0.495 e. The van der Waals surface area contributed by atoms with E-state index in [1.54, 1.807) is 0 Å². The van der Waals surface area contributed by atoms with E-state index in [-0.39, 0.29) is 15.9 Å². The number of anilines is 1. The van der Waals surface area contributed by atoms with Crippen LogP contribution in [0, 0.1) is 15.9 Å². The molecule has 0 radical (unpaired) electrons. The molecule has 0 bridgehead atoms. The number of hydrogen-bond acceptors (Lipinski definition) is 4. The van der Waals surface area contributed by atoms with E-state index in [2.05, 4.69) is 15.9 Å². The smallest absolute Gasteiger partial charge is 0.329 e. The fourth-order valence-corrected chi connectivity index (χ4v) is 1.79. The summed E-state index contributed by atoms with van der Waals surface area (Å²) in [5.74, 6) is -1.47. The zero-order chi connectivity index (χ0) is 14.0. The molecule has 8 heteroatoms. The van der Waals surface area contributed by atoms with Crippen LogP contribution in [0.25, 0.3) is 0 Å². The molecule has 6 nitrogen and oxygen atoms in total. The number of hydrogen-bond donors (Lipinski definition) is 0. The van der Waals surface area contributed by atoms with Crippen LogP contribution in [-0.4, -0.2) is 25.0 Å². The summed E-state index contributed by atoms with van der Waals surface area (Å²) in [6.45, 7) is 1.22. The van der Waals surface area contributed by atoms with E-state index in [4.69, 9.17) is 4.74 Å². The van der Waals surface area contributed by atoms with E-state index in [1.165, 1.54) is 27.1 Å². The van der Waals surface area contributed by atoms with E-state index in [9.17, 15) is 19.3 Å². The van der Waals surface area contributed by atoms with Crippen molar-refractivity contribution in [2.45, 2.75) is 6.92 Å². The Labute approximate surface area is 111 Å². The van der Waals surface area contributed by atoms with E-state index in [0.717, 1.165) is 4.90 Å². The van der Waals surface area contributed by atoms with Crippen LogP contribution < -0.4 is 9.64 Å². The van der Waals surface area contributed by atoms with Crippen molar-refractivity contribution in [3.63, 3.8) is 0 Å². The number of methoxy groups -OCH3 is 1. The van der Waals surface area contributed by atoms with E-state index in [0.29, 0.717) is 0 Å².